The van der Waals surface area contributed by atoms with Crippen molar-refractivity contribution < 1.29 is 27.7 Å². The number of anilines is 1. The predicted octanol–water partition coefficient (Wildman–Crippen LogP) is -0.770. The molecule has 0 atom stereocenters. The van der Waals surface area contributed by atoms with E-state index in [0.717, 1.165) is 18.0 Å². The van der Waals surface area contributed by atoms with E-state index < -0.39 is 33.4 Å². The fraction of sp³-hybridized carbons (Fsp3) is 0.273. The molecule has 10 nitrogen and oxygen atoms in total. The van der Waals surface area contributed by atoms with E-state index in [1.165, 1.54) is 19.2 Å². The molecule has 0 unspecified atom stereocenters. The largest absolute Gasteiger partial charge is 0.744 e. The zero-order chi connectivity index (χ0) is 16.9. The number of benzene rings is 1. The molecule has 120 valence electrons. The number of aliphatic carboxylic acids is 1. The van der Waals surface area contributed by atoms with E-state index in [4.69, 9.17) is 0 Å². The Morgan fingerprint density at radius 2 is 2.00 bits per heavy atom. The lowest BCUT2D eigenvalue weighted by molar-refractivity contribution is -0.306. The lowest BCUT2D eigenvalue weighted by atomic mass is 10.3. The summed E-state index contributed by atoms with van der Waals surface area (Å²) in [6, 6.07) is 3.40. The molecule has 1 rings (SSSR count). The quantitative estimate of drug-likeness (QED) is 0.408. The van der Waals surface area contributed by atoms with Crippen LogP contribution in [0.15, 0.2) is 33.4 Å². The Balaban J connectivity index is 3.12. The van der Waals surface area contributed by atoms with Gasteiger partial charge in [-0.3, -0.25) is 9.80 Å². The van der Waals surface area contributed by atoms with E-state index in [0.29, 0.717) is 0 Å². The van der Waals surface area contributed by atoms with Crippen molar-refractivity contribution >= 4 is 33.4 Å². The van der Waals surface area contributed by atoms with E-state index in [1.807, 2.05) is 0 Å². The van der Waals surface area contributed by atoms with Crippen molar-refractivity contribution in [3.8, 4) is 0 Å². The molecule has 0 fully saturated rings. The van der Waals surface area contributed by atoms with Gasteiger partial charge in [-0.05, 0) is 18.2 Å². The normalized spacial score (nSPS) is 11.4. The number of carboxylic acid groups (broad SMARTS) is 1. The molecule has 0 spiro atoms. The number of carbonyl (C=O) groups is 2. The first-order chi connectivity index (χ1) is 10.1. The second-order valence-electron chi connectivity index (χ2n) is 4.19. The molecule has 0 heterocycles. The molecule has 0 saturated heterocycles. The highest BCUT2D eigenvalue weighted by Crippen LogP contribution is 2.26. The van der Waals surface area contributed by atoms with Gasteiger partial charge in [0.2, 0.25) is 5.91 Å². The number of nitrogens with zero attached hydrogens (tertiary/aromatic N) is 3. The molecule has 0 saturated carbocycles. The van der Waals surface area contributed by atoms with Crippen LogP contribution in [0.4, 0.5) is 11.4 Å². The Morgan fingerprint density at radius 1 is 1.36 bits per heavy atom. The van der Waals surface area contributed by atoms with Crippen LogP contribution < -0.4 is 10.4 Å². The van der Waals surface area contributed by atoms with Gasteiger partial charge in [0.15, 0.2) is 0 Å². The third-order valence-electron chi connectivity index (χ3n) is 2.22. The fourth-order valence-electron chi connectivity index (χ4n) is 1.42. The van der Waals surface area contributed by atoms with Crippen molar-refractivity contribution in [1.29, 1.82) is 0 Å². The minimum absolute atomic E-state index is 0.00581. The molecular formula is C11H12N4O6S-2. The van der Waals surface area contributed by atoms with Gasteiger partial charge in [0.1, 0.15) is 10.1 Å². The summed E-state index contributed by atoms with van der Waals surface area (Å²) in [7, 11) is -3.53. The van der Waals surface area contributed by atoms with Crippen LogP contribution in [0.3, 0.4) is 0 Å². The van der Waals surface area contributed by atoms with E-state index in [2.05, 4.69) is 15.7 Å². The lowest BCUT2D eigenvalue weighted by Gasteiger charge is -2.14. The van der Waals surface area contributed by atoms with E-state index in [9.17, 15) is 27.7 Å². The topological polar surface area (TPSA) is 154 Å². The van der Waals surface area contributed by atoms with Crippen molar-refractivity contribution in [2.45, 2.75) is 11.8 Å². The van der Waals surface area contributed by atoms with Crippen molar-refractivity contribution in [3.63, 3.8) is 0 Å². The van der Waals surface area contributed by atoms with Gasteiger partial charge in [-0.2, -0.15) is 0 Å². The average Bonchev–Trinajstić information content (AvgIpc) is 2.34. The first kappa shape index (κ1) is 17.5. The molecule has 1 N–H and O–H groups in total. The summed E-state index contributed by atoms with van der Waals surface area (Å²) < 4.78 is 33.6. The van der Waals surface area contributed by atoms with Crippen LogP contribution in [0.2, 0.25) is 0 Å². The monoisotopic (exact) mass is 328 g/mol. The van der Waals surface area contributed by atoms with E-state index in [1.54, 1.807) is 0 Å². The maximum absolute atomic E-state index is 11.2. The number of amides is 1. The number of hydrogen-bond acceptors (Lipinski definition) is 8. The van der Waals surface area contributed by atoms with Crippen LogP contribution in [0, 0.1) is 0 Å². The zero-order valence-electron chi connectivity index (χ0n) is 11.6. The highest BCUT2D eigenvalue weighted by Gasteiger charge is 2.11. The molecule has 1 aromatic rings. The summed E-state index contributed by atoms with van der Waals surface area (Å²) in [6.45, 7) is 0.643. The third-order valence-corrected chi connectivity index (χ3v) is 3.09. The van der Waals surface area contributed by atoms with Gasteiger partial charge in [0.25, 0.3) is 0 Å². The number of rotatable bonds is 6. The molecule has 0 aliphatic carbocycles. The Bertz CT molecular complexity index is 715. The summed E-state index contributed by atoms with van der Waals surface area (Å²) >= 11 is 0. The Hall–Kier alpha value is -2.53. The van der Waals surface area contributed by atoms with Gasteiger partial charge >= 0.3 is 0 Å². The SMILES string of the molecule is CC(=O)Nc1ccc(N=NN(C)CC(=O)[O-])cc1S(=O)(=O)[O-]. The number of hydrogen-bond donors (Lipinski definition) is 1. The lowest BCUT2D eigenvalue weighted by Crippen LogP contribution is -2.33. The molecular weight excluding hydrogens is 316 g/mol. The third kappa shape index (κ3) is 5.46. The Labute approximate surface area is 126 Å². The maximum Gasteiger partial charge on any atom is 0.221 e. The molecule has 0 aliphatic rings. The fourth-order valence-corrected chi connectivity index (χ4v) is 2.07. The highest BCUT2D eigenvalue weighted by atomic mass is 32.2. The van der Waals surface area contributed by atoms with Gasteiger partial charge < -0.3 is 19.8 Å². The second kappa shape index (κ2) is 6.95. The Kier molecular flexibility index (Phi) is 5.54. The van der Waals surface area contributed by atoms with Crippen molar-refractivity contribution in [1.82, 2.24) is 5.01 Å². The maximum atomic E-state index is 11.2. The minimum atomic E-state index is -4.84. The number of carbonyl (C=O) groups excluding carboxylic acids is 2. The average molecular weight is 328 g/mol. The van der Waals surface area contributed by atoms with Crippen LogP contribution >= 0.6 is 0 Å². The molecule has 0 bridgehead atoms. The van der Waals surface area contributed by atoms with Crippen molar-refractivity contribution in [2.75, 3.05) is 18.9 Å². The summed E-state index contributed by atoms with van der Waals surface area (Å²) in [6.07, 6.45) is 0. The zero-order valence-corrected chi connectivity index (χ0v) is 12.5. The molecule has 1 aromatic carbocycles. The van der Waals surface area contributed by atoms with Gasteiger partial charge in [-0.15, -0.1) is 5.11 Å². The number of likely N-dealkylation sites (N-methyl/N-ethyl adjacent to an activating group) is 1. The summed E-state index contributed by atoms with van der Waals surface area (Å²) in [5.74, 6) is -1.92. The van der Waals surface area contributed by atoms with Crippen LogP contribution in [0.25, 0.3) is 0 Å². The first-order valence-electron chi connectivity index (χ1n) is 5.80. The van der Waals surface area contributed by atoms with Crippen molar-refractivity contribution in [3.05, 3.63) is 18.2 Å². The van der Waals surface area contributed by atoms with E-state index >= 15 is 0 Å². The molecule has 0 aromatic heterocycles. The van der Waals surface area contributed by atoms with Crippen LogP contribution in [-0.4, -0.2) is 43.4 Å². The standard InChI is InChI=1S/C11H14N4O6S/c1-7(16)12-9-4-3-8(5-10(9)22(19,20)21)13-14-15(2)6-11(17)18/h3-5H,6H2,1-2H3,(H,12,16)(H,17,18)(H,19,20,21)/p-2. The predicted molar refractivity (Wildman–Crippen MR) is 70.9 cm³/mol. The summed E-state index contributed by atoms with van der Waals surface area (Å²) in [5, 5.41) is 20.6. The molecule has 0 aliphatic heterocycles. The summed E-state index contributed by atoms with van der Waals surface area (Å²) in [4.78, 5) is 20.7. The van der Waals surface area contributed by atoms with Crippen LogP contribution in [0.1, 0.15) is 6.92 Å². The van der Waals surface area contributed by atoms with Crippen LogP contribution in [0.5, 0.6) is 0 Å². The number of nitrogens with one attached hydrogen (secondary N) is 1. The Morgan fingerprint density at radius 3 is 2.50 bits per heavy atom. The minimum Gasteiger partial charge on any atom is -0.744 e. The van der Waals surface area contributed by atoms with E-state index in [-0.39, 0.29) is 11.4 Å². The highest BCUT2D eigenvalue weighted by molar-refractivity contribution is 7.86. The van der Waals surface area contributed by atoms with Crippen molar-refractivity contribution in [2.24, 2.45) is 10.3 Å². The van der Waals surface area contributed by atoms with Gasteiger partial charge in [0.05, 0.1) is 28.8 Å². The van der Waals surface area contributed by atoms with Gasteiger partial charge in [-0.25, -0.2) is 8.42 Å². The summed E-state index contributed by atoms with van der Waals surface area (Å²) in [5.41, 5.74) is -0.182. The van der Waals surface area contributed by atoms with Crippen LogP contribution in [-0.2, 0) is 19.7 Å². The smallest absolute Gasteiger partial charge is 0.221 e. The molecule has 11 heteroatoms. The van der Waals surface area contributed by atoms with Gasteiger partial charge in [-0.1, -0.05) is 5.22 Å². The first-order valence-corrected chi connectivity index (χ1v) is 7.20. The number of carboxylic acids is 1. The molecule has 0 radical (unpaired) electrons. The van der Waals surface area contributed by atoms with Gasteiger partial charge in [0, 0.05) is 14.0 Å². The molecule has 22 heavy (non-hydrogen) atoms. The second-order valence-corrected chi connectivity index (χ2v) is 5.54. The molecule has 1 amide bonds.